The summed E-state index contributed by atoms with van der Waals surface area (Å²) in [5.41, 5.74) is 2.45. The molecule has 1 N–H and O–H groups in total. The summed E-state index contributed by atoms with van der Waals surface area (Å²) < 4.78 is 0. The predicted octanol–water partition coefficient (Wildman–Crippen LogP) is 2.79. The van der Waals surface area contributed by atoms with Gasteiger partial charge in [-0.2, -0.15) is 0 Å². The summed E-state index contributed by atoms with van der Waals surface area (Å²) >= 11 is 0. The third-order valence-electron chi connectivity index (χ3n) is 5.54. The zero-order chi connectivity index (χ0) is 21.6. The molecule has 30 heavy (non-hydrogen) atoms. The molecule has 0 bridgehead atoms. The van der Waals surface area contributed by atoms with Crippen molar-refractivity contribution in [3.63, 3.8) is 0 Å². The number of hydrogen-bond acceptors (Lipinski definition) is 5. The van der Waals surface area contributed by atoms with Crippen LogP contribution in [0.15, 0.2) is 42.7 Å². The molecule has 3 rings (SSSR count). The van der Waals surface area contributed by atoms with Crippen LogP contribution in [-0.2, 0) is 17.6 Å². The Morgan fingerprint density at radius 1 is 1.17 bits per heavy atom. The first-order valence-corrected chi connectivity index (χ1v) is 10.8. The predicted molar refractivity (Wildman–Crippen MR) is 122 cm³/mol. The van der Waals surface area contributed by atoms with Gasteiger partial charge >= 0.3 is 0 Å². The van der Waals surface area contributed by atoms with Crippen molar-refractivity contribution in [1.29, 1.82) is 0 Å². The molecule has 1 aromatic carbocycles. The summed E-state index contributed by atoms with van der Waals surface area (Å²) in [5, 5.41) is 3.09. The summed E-state index contributed by atoms with van der Waals surface area (Å²) in [7, 11) is 4.12. The smallest absolute Gasteiger partial charge is 0.225 e. The third-order valence-corrected chi connectivity index (χ3v) is 5.54. The minimum absolute atomic E-state index is 0.0585. The van der Waals surface area contributed by atoms with Gasteiger partial charge in [-0.1, -0.05) is 38.1 Å². The number of nitrogens with one attached hydrogen (secondary N) is 1. The highest BCUT2D eigenvalue weighted by atomic mass is 16.1. The molecule has 1 unspecified atom stereocenters. The van der Waals surface area contributed by atoms with Crippen LogP contribution in [-0.4, -0.2) is 61.0 Å². The van der Waals surface area contributed by atoms with Crippen molar-refractivity contribution in [2.45, 2.75) is 33.1 Å². The molecule has 6 heteroatoms. The Balaban J connectivity index is 1.44. The first-order valence-electron chi connectivity index (χ1n) is 10.8. The molecular formula is C24H35N5O. The minimum atomic E-state index is 0.0585. The van der Waals surface area contributed by atoms with Crippen molar-refractivity contribution in [3.8, 4) is 0 Å². The summed E-state index contributed by atoms with van der Waals surface area (Å²) in [6.45, 7) is 7.99. The van der Waals surface area contributed by atoms with Crippen LogP contribution >= 0.6 is 0 Å². The topological polar surface area (TPSA) is 61.4 Å². The standard InChI is InChI=1S/C24H35N5O/c1-24(2,18-28(3)4)17-27-22(30)15-20-8-6-19(7-9-20)14-21-10-13-29(16-21)23-25-11-5-12-26-23/h5-9,11-12,21H,10,13-18H2,1-4H3,(H,27,30). The zero-order valence-corrected chi connectivity index (χ0v) is 18.8. The summed E-state index contributed by atoms with van der Waals surface area (Å²) in [5.74, 6) is 1.53. The fourth-order valence-corrected chi connectivity index (χ4v) is 4.26. The van der Waals surface area contributed by atoms with Crippen LogP contribution in [0.5, 0.6) is 0 Å². The average molecular weight is 410 g/mol. The highest BCUT2D eigenvalue weighted by Gasteiger charge is 2.24. The lowest BCUT2D eigenvalue weighted by Crippen LogP contribution is -2.40. The van der Waals surface area contributed by atoms with Crippen LogP contribution < -0.4 is 10.2 Å². The highest BCUT2D eigenvalue weighted by molar-refractivity contribution is 5.78. The van der Waals surface area contributed by atoms with Crippen molar-refractivity contribution in [1.82, 2.24) is 20.2 Å². The number of anilines is 1. The SMILES string of the molecule is CN(C)CC(C)(C)CNC(=O)Cc1ccc(CC2CCN(c3ncccn3)C2)cc1. The van der Waals surface area contributed by atoms with Crippen molar-refractivity contribution in [2.75, 3.05) is 45.2 Å². The van der Waals surface area contributed by atoms with Crippen LogP contribution in [0, 0.1) is 11.3 Å². The van der Waals surface area contributed by atoms with Gasteiger partial charge in [0.2, 0.25) is 11.9 Å². The number of aromatic nitrogens is 2. The second-order valence-corrected chi connectivity index (χ2v) is 9.53. The number of nitrogens with zero attached hydrogens (tertiary/aromatic N) is 4. The van der Waals surface area contributed by atoms with Crippen LogP contribution in [0.1, 0.15) is 31.4 Å². The highest BCUT2D eigenvalue weighted by Crippen LogP contribution is 2.24. The number of benzene rings is 1. The Kier molecular flexibility index (Phi) is 7.43. The van der Waals surface area contributed by atoms with Gasteiger partial charge < -0.3 is 15.1 Å². The van der Waals surface area contributed by atoms with Crippen LogP contribution in [0.4, 0.5) is 5.95 Å². The Hall–Kier alpha value is -2.47. The molecule has 1 aliphatic heterocycles. The van der Waals surface area contributed by atoms with Crippen molar-refractivity contribution in [2.24, 2.45) is 11.3 Å². The molecule has 0 aliphatic carbocycles. The Morgan fingerprint density at radius 2 is 1.83 bits per heavy atom. The maximum Gasteiger partial charge on any atom is 0.225 e. The molecule has 0 saturated carbocycles. The molecule has 1 atom stereocenters. The second-order valence-electron chi connectivity index (χ2n) is 9.53. The fraction of sp³-hybridized carbons (Fsp3) is 0.542. The molecule has 1 amide bonds. The molecule has 2 aromatic rings. The number of rotatable bonds is 9. The molecule has 0 spiro atoms. The molecule has 162 valence electrons. The van der Waals surface area contributed by atoms with Gasteiger partial charge in [0.25, 0.3) is 0 Å². The fourth-order valence-electron chi connectivity index (χ4n) is 4.26. The first kappa shape index (κ1) is 22.2. The lowest BCUT2D eigenvalue weighted by molar-refractivity contribution is -0.120. The molecule has 2 heterocycles. The van der Waals surface area contributed by atoms with Crippen molar-refractivity contribution < 1.29 is 4.79 Å². The lowest BCUT2D eigenvalue weighted by Gasteiger charge is -2.28. The summed E-state index contributed by atoms with van der Waals surface area (Å²) in [6, 6.07) is 10.4. The average Bonchev–Trinajstić information content (AvgIpc) is 3.16. The van der Waals surface area contributed by atoms with E-state index in [4.69, 9.17) is 0 Å². The van der Waals surface area contributed by atoms with Gasteiger partial charge in [0.05, 0.1) is 6.42 Å². The Labute approximate surface area is 180 Å². The largest absolute Gasteiger partial charge is 0.355 e. The molecule has 1 aliphatic rings. The third kappa shape index (κ3) is 6.80. The van der Waals surface area contributed by atoms with Gasteiger partial charge in [-0.25, -0.2) is 9.97 Å². The van der Waals surface area contributed by atoms with Gasteiger partial charge in [-0.3, -0.25) is 4.79 Å². The van der Waals surface area contributed by atoms with E-state index in [1.165, 1.54) is 5.56 Å². The molecular weight excluding hydrogens is 374 g/mol. The zero-order valence-electron chi connectivity index (χ0n) is 18.8. The van der Waals surface area contributed by atoms with Gasteiger partial charge in [0.15, 0.2) is 0 Å². The molecule has 1 saturated heterocycles. The van der Waals surface area contributed by atoms with E-state index in [-0.39, 0.29) is 11.3 Å². The van der Waals surface area contributed by atoms with Crippen molar-refractivity contribution >= 4 is 11.9 Å². The van der Waals surface area contributed by atoms with Crippen LogP contribution in [0.2, 0.25) is 0 Å². The Morgan fingerprint density at radius 3 is 2.50 bits per heavy atom. The van der Waals surface area contributed by atoms with E-state index >= 15 is 0 Å². The molecule has 1 aromatic heterocycles. The van der Waals surface area contributed by atoms with Gasteiger partial charge in [-0.15, -0.1) is 0 Å². The quantitative estimate of drug-likeness (QED) is 0.690. The number of carbonyl (C=O) groups is 1. The van der Waals surface area contributed by atoms with Crippen LogP contribution in [0.3, 0.4) is 0 Å². The monoisotopic (exact) mass is 409 g/mol. The number of amides is 1. The normalized spacial score (nSPS) is 16.8. The maximum atomic E-state index is 12.3. The maximum absolute atomic E-state index is 12.3. The number of carbonyl (C=O) groups excluding carboxylic acids is 1. The Bertz CT molecular complexity index is 804. The van der Waals surface area contributed by atoms with E-state index in [0.717, 1.165) is 44.0 Å². The van der Waals surface area contributed by atoms with Gasteiger partial charge in [-0.05, 0) is 55.5 Å². The van der Waals surface area contributed by atoms with Crippen LogP contribution in [0.25, 0.3) is 0 Å². The van der Waals surface area contributed by atoms with E-state index in [0.29, 0.717) is 18.9 Å². The molecule has 1 fully saturated rings. The van der Waals surface area contributed by atoms with E-state index in [9.17, 15) is 4.79 Å². The molecule has 0 radical (unpaired) electrons. The van der Waals surface area contributed by atoms with Gasteiger partial charge in [0.1, 0.15) is 0 Å². The van der Waals surface area contributed by atoms with E-state index in [1.807, 2.05) is 6.07 Å². The van der Waals surface area contributed by atoms with E-state index in [1.54, 1.807) is 12.4 Å². The summed E-state index contributed by atoms with van der Waals surface area (Å²) in [4.78, 5) is 25.5. The van der Waals surface area contributed by atoms with E-state index < -0.39 is 0 Å². The lowest BCUT2D eigenvalue weighted by atomic mass is 9.93. The minimum Gasteiger partial charge on any atom is -0.355 e. The molecule has 6 nitrogen and oxygen atoms in total. The summed E-state index contributed by atoms with van der Waals surface area (Å²) in [6.07, 6.45) is 6.24. The van der Waals surface area contributed by atoms with Gasteiger partial charge in [0, 0.05) is 38.6 Å². The van der Waals surface area contributed by atoms with E-state index in [2.05, 4.69) is 77.3 Å². The number of hydrogen-bond donors (Lipinski definition) is 1. The first-order chi connectivity index (χ1) is 14.3. The van der Waals surface area contributed by atoms with Crippen molar-refractivity contribution in [3.05, 3.63) is 53.9 Å². The second kappa shape index (κ2) is 10.0.